The van der Waals surface area contributed by atoms with E-state index in [0.29, 0.717) is 29.0 Å². The number of anilines is 2. The van der Waals surface area contributed by atoms with Crippen molar-refractivity contribution in [1.82, 2.24) is 15.0 Å². The number of benzene rings is 1. The fraction of sp³-hybridized carbons (Fsp3) is 0.292. The minimum atomic E-state index is -1.03. The Bertz CT molecular complexity index is 1190. The fourth-order valence-corrected chi connectivity index (χ4v) is 3.90. The minimum absolute atomic E-state index is 0.0469. The Labute approximate surface area is 191 Å². The average Bonchev–Trinajstić information content (AvgIpc) is 2.82. The molecule has 0 amide bonds. The molecule has 0 atom stereocenters. The first kappa shape index (κ1) is 22.0. The van der Waals surface area contributed by atoms with Gasteiger partial charge in [0.15, 0.2) is 5.69 Å². The number of ether oxygens (including phenoxy) is 1. The topological polar surface area (TPSA) is 124 Å². The molecule has 1 aliphatic rings. The first-order chi connectivity index (χ1) is 15.9. The van der Waals surface area contributed by atoms with Crippen molar-refractivity contribution < 1.29 is 14.6 Å². The summed E-state index contributed by atoms with van der Waals surface area (Å²) in [5.74, 6) is 1.24. The minimum Gasteiger partial charge on any atom is -0.477 e. The summed E-state index contributed by atoms with van der Waals surface area (Å²) in [7, 11) is 0. The molecule has 168 valence electrons. The van der Waals surface area contributed by atoms with Crippen molar-refractivity contribution >= 4 is 17.7 Å². The number of hydrogen-bond acceptors (Lipinski definition) is 8. The molecule has 0 bridgehead atoms. The summed E-state index contributed by atoms with van der Waals surface area (Å²) in [6.45, 7) is 5.29. The van der Waals surface area contributed by atoms with Crippen LogP contribution in [0.2, 0.25) is 0 Å². The Morgan fingerprint density at radius 2 is 1.91 bits per heavy atom. The van der Waals surface area contributed by atoms with Crippen molar-refractivity contribution in [2.75, 3.05) is 23.3 Å². The quantitative estimate of drug-likeness (QED) is 0.582. The van der Waals surface area contributed by atoms with Gasteiger partial charge in [-0.3, -0.25) is 0 Å². The number of nitriles is 1. The maximum absolute atomic E-state index is 11.2. The molecule has 1 saturated heterocycles. The lowest BCUT2D eigenvalue weighted by Gasteiger charge is -2.33. The number of aryl methyl sites for hydroxylation is 2. The highest BCUT2D eigenvalue weighted by Crippen LogP contribution is 2.29. The van der Waals surface area contributed by atoms with Crippen LogP contribution in [0.3, 0.4) is 0 Å². The van der Waals surface area contributed by atoms with E-state index in [2.05, 4.69) is 31.2 Å². The van der Waals surface area contributed by atoms with E-state index in [1.165, 1.54) is 6.07 Å². The van der Waals surface area contributed by atoms with Crippen molar-refractivity contribution in [1.29, 1.82) is 5.26 Å². The number of aromatic carboxylic acids is 1. The van der Waals surface area contributed by atoms with Gasteiger partial charge in [-0.1, -0.05) is 6.07 Å². The normalized spacial score (nSPS) is 13.9. The van der Waals surface area contributed by atoms with Gasteiger partial charge in [0.1, 0.15) is 11.6 Å². The van der Waals surface area contributed by atoms with Crippen LogP contribution in [-0.2, 0) is 0 Å². The molecule has 9 nitrogen and oxygen atoms in total. The standard InChI is InChI=1S/C24H24N6O3/c1-15-12-17(14-25)13-16(2)22(15)33-21-6-9-26-24(29-21)27-18-7-10-30(11-8-18)20-5-3-4-19(28-20)23(31)32/h3-6,9,12-13,18H,7-8,10-11H2,1-2H3,(H,31,32)(H,26,27,29). The van der Waals surface area contributed by atoms with Crippen LogP contribution in [-0.4, -0.2) is 45.2 Å². The largest absolute Gasteiger partial charge is 0.477 e. The molecule has 0 spiro atoms. The van der Waals surface area contributed by atoms with E-state index in [0.717, 1.165) is 37.1 Å². The molecule has 0 aliphatic carbocycles. The monoisotopic (exact) mass is 444 g/mol. The number of carbonyl (C=O) groups is 1. The van der Waals surface area contributed by atoms with E-state index in [-0.39, 0.29) is 11.7 Å². The Morgan fingerprint density at radius 1 is 1.18 bits per heavy atom. The fourth-order valence-electron chi connectivity index (χ4n) is 3.90. The van der Waals surface area contributed by atoms with Crippen LogP contribution < -0.4 is 15.0 Å². The molecule has 1 aromatic carbocycles. The summed E-state index contributed by atoms with van der Waals surface area (Å²) >= 11 is 0. The number of carboxylic acids is 1. The van der Waals surface area contributed by atoms with Crippen molar-refractivity contribution in [3.8, 4) is 17.7 Å². The van der Waals surface area contributed by atoms with Gasteiger partial charge in [0.05, 0.1) is 11.6 Å². The summed E-state index contributed by atoms with van der Waals surface area (Å²) in [5, 5.41) is 21.6. The molecule has 0 saturated carbocycles. The Balaban J connectivity index is 1.39. The third-order valence-corrected chi connectivity index (χ3v) is 5.53. The number of rotatable bonds is 6. The van der Waals surface area contributed by atoms with Crippen molar-refractivity contribution in [2.24, 2.45) is 0 Å². The molecule has 0 unspecified atom stereocenters. The molecule has 1 fully saturated rings. The van der Waals surface area contributed by atoms with E-state index in [4.69, 9.17) is 15.1 Å². The maximum atomic E-state index is 11.2. The van der Waals surface area contributed by atoms with E-state index >= 15 is 0 Å². The first-order valence-corrected chi connectivity index (χ1v) is 10.7. The number of nitrogens with zero attached hydrogens (tertiary/aromatic N) is 5. The van der Waals surface area contributed by atoms with Crippen LogP contribution >= 0.6 is 0 Å². The van der Waals surface area contributed by atoms with Gasteiger partial charge >= 0.3 is 5.97 Å². The summed E-state index contributed by atoms with van der Waals surface area (Å²) in [5.41, 5.74) is 2.38. The predicted molar refractivity (Wildman–Crippen MR) is 123 cm³/mol. The Hall–Kier alpha value is -4.19. The average molecular weight is 444 g/mol. The van der Waals surface area contributed by atoms with Crippen molar-refractivity contribution in [3.05, 3.63) is 65.0 Å². The molecule has 4 rings (SSSR count). The van der Waals surface area contributed by atoms with Gasteiger partial charge in [0.25, 0.3) is 0 Å². The third kappa shape index (κ3) is 5.18. The van der Waals surface area contributed by atoms with E-state index < -0.39 is 5.97 Å². The highest BCUT2D eigenvalue weighted by atomic mass is 16.5. The number of pyridine rings is 1. The molecule has 1 aliphatic heterocycles. The second kappa shape index (κ2) is 9.53. The van der Waals surface area contributed by atoms with Gasteiger partial charge in [-0.2, -0.15) is 10.2 Å². The molecule has 2 N–H and O–H groups in total. The smallest absolute Gasteiger partial charge is 0.354 e. The van der Waals surface area contributed by atoms with Gasteiger partial charge in [0.2, 0.25) is 11.8 Å². The second-order valence-electron chi connectivity index (χ2n) is 7.96. The van der Waals surface area contributed by atoms with Crippen LogP contribution in [0.25, 0.3) is 0 Å². The number of aromatic nitrogens is 3. The van der Waals surface area contributed by atoms with Gasteiger partial charge in [-0.15, -0.1) is 0 Å². The van der Waals surface area contributed by atoms with Crippen LogP contribution in [0.5, 0.6) is 11.6 Å². The van der Waals surface area contributed by atoms with Crippen LogP contribution in [0, 0.1) is 25.2 Å². The highest BCUT2D eigenvalue weighted by molar-refractivity contribution is 5.85. The maximum Gasteiger partial charge on any atom is 0.354 e. The number of piperidine rings is 1. The Kier molecular flexibility index (Phi) is 6.36. The molecule has 9 heteroatoms. The van der Waals surface area contributed by atoms with Gasteiger partial charge in [-0.25, -0.2) is 14.8 Å². The van der Waals surface area contributed by atoms with E-state index in [1.54, 1.807) is 30.5 Å². The van der Waals surface area contributed by atoms with Crippen molar-refractivity contribution in [3.63, 3.8) is 0 Å². The van der Waals surface area contributed by atoms with Gasteiger partial charge in [-0.05, 0) is 62.1 Å². The van der Waals surface area contributed by atoms with Crippen LogP contribution in [0.4, 0.5) is 11.8 Å². The predicted octanol–water partition coefficient (Wildman–Crippen LogP) is 3.93. The van der Waals surface area contributed by atoms with E-state index in [1.807, 2.05) is 19.9 Å². The number of carboxylic acid groups (broad SMARTS) is 1. The molecule has 33 heavy (non-hydrogen) atoms. The first-order valence-electron chi connectivity index (χ1n) is 10.7. The van der Waals surface area contributed by atoms with Gasteiger partial charge in [0, 0.05) is 31.4 Å². The Morgan fingerprint density at radius 3 is 2.58 bits per heavy atom. The summed E-state index contributed by atoms with van der Waals surface area (Å²) in [6.07, 6.45) is 3.32. The zero-order chi connectivity index (χ0) is 23.4. The lowest BCUT2D eigenvalue weighted by molar-refractivity contribution is 0.0690. The van der Waals surface area contributed by atoms with Crippen molar-refractivity contribution in [2.45, 2.75) is 32.7 Å². The zero-order valence-corrected chi connectivity index (χ0v) is 18.4. The van der Waals surface area contributed by atoms with Crippen LogP contribution in [0.1, 0.15) is 40.0 Å². The lowest BCUT2D eigenvalue weighted by atomic mass is 10.1. The van der Waals surface area contributed by atoms with Gasteiger partial charge < -0.3 is 20.1 Å². The van der Waals surface area contributed by atoms with E-state index in [9.17, 15) is 4.79 Å². The SMILES string of the molecule is Cc1cc(C#N)cc(C)c1Oc1ccnc(NC2CCN(c3cccc(C(=O)O)n3)CC2)n1. The molecule has 0 radical (unpaired) electrons. The highest BCUT2D eigenvalue weighted by Gasteiger charge is 2.21. The summed E-state index contributed by atoms with van der Waals surface area (Å²) < 4.78 is 6.01. The lowest BCUT2D eigenvalue weighted by Crippen LogP contribution is -2.39. The second-order valence-corrected chi connectivity index (χ2v) is 7.96. The number of hydrogen-bond donors (Lipinski definition) is 2. The number of nitrogens with one attached hydrogen (secondary N) is 1. The third-order valence-electron chi connectivity index (χ3n) is 5.53. The zero-order valence-electron chi connectivity index (χ0n) is 18.4. The molecular formula is C24H24N6O3. The summed E-state index contributed by atoms with van der Waals surface area (Å²) in [4.78, 5) is 26.3. The molecule has 3 heterocycles. The van der Waals surface area contributed by atoms with Crippen LogP contribution in [0.15, 0.2) is 42.6 Å². The molecule has 2 aromatic heterocycles. The summed E-state index contributed by atoms with van der Waals surface area (Å²) in [6, 6.07) is 12.6. The molecule has 3 aromatic rings. The molecular weight excluding hydrogens is 420 g/mol.